The van der Waals surface area contributed by atoms with Crippen LogP contribution in [0.5, 0.6) is 0 Å². The van der Waals surface area contributed by atoms with Gasteiger partial charge in [0.05, 0.1) is 13.2 Å². The number of carboxylic acids is 1. The van der Waals surface area contributed by atoms with E-state index in [1.165, 1.54) is 4.90 Å². The molecule has 2 aromatic rings. The fraction of sp³-hybridized carbons (Fsp3) is 0.423. The van der Waals surface area contributed by atoms with E-state index in [0.29, 0.717) is 12.8 Å². The summed E-state index contributed by atoms with van der Waals surface area (Å²) in [5.41, 5.74) is 1.69. The number of hydrogen-bond donors (Lipinski definition) is 2. The van der Waals surface area contributed by atoms with Gasteiger partial charge in [0.1, 0.15) is 12.1 Å². The van der Waals surface area contributed by atoms with Gasteiger partial charge in [-0.25, -0.2) is 9.59 Å². The van der Waals surface area contributed by atoms with Crippen molar-refractivity contribution >= 4 is 26.4 Å². The Morgan fingerprint density at radius 3 is 2.33 bits per heavy atom. The summed E-state index contributed by atoms with van der Waals surface area (Å²) in [6, 6.07) is 16.4. The van der Waals surface area contributed by atoms with Crippen LogP contribution in [0.1, 0.15) is 37.3 Å². The summed E-state index contributed by atoms with van der Waals surface area (Å²) in [5.74, 6) is -1.85. The lowest BCUT2D eigenvalue weighted by Gasteiger charge is -2.33. The van der Waals surface area contributed by atoms with Crippen molar-refractivity contribution in [1.82, 2.24) is 10.2 Å². The number of benzene rings is 2. The van der Waals surface area contributed by atoms with E-state index in [2.05, 4.69) is 5.32 Å². The predicted octanol–water partition coefficient (Wildman–Crippen LogP) is 3.75. The second-order valence-electron chi connectivity index (χ2n) is 8.55. The molecule has 10 heteroatoms. The van der Waals surface area contributed by atoms with Gasteiger partial charge in [0, 0.05) is 6.54 Å². The molecule has 0 bridgehead atoms. The fourth-order valence-electron chi connectivity index (χ4n) is 4.35. The number of nitrogens with zero attached hydrogens (tertiary/aromatic N) is 1. The van der Waals surface area contributed by atoms with Crippen molar-refractivity contribution in [3.63, 3.8) is 0 Å². The maximum Gasteiger partial charge on any atom is 0.407 e. The van der Waals surface area contributed by atoms with Crippen LogP contribution in [-0.2, 0) is 36.7 Å². The molecule has 4 atom stereocenters. The Balaban J connectivity index is 2.00. The fourth-order valence-corrected chi connectivity index (χ4v) is 5.08. The number of carboxylic acid groups (broad SMARTS) is 1. The molecule has 1 aliphatic rings. The summed E-state index contributed by atoms with van der Waals surface area (Å²) >= 11 is 0. The highest BCUT2D eigenvalue weighted by atomic mass is 31.1. The minimum absolute atomic E-state index is 0.0558. The van der Waals surface area contributed by atoms with E-state index < -0.39 is 43.9 Å². The molecular formula is C26H32N2O7P+. The molecule has 0 saturated carbocycles. The SMILES string of the molecule is CCOC(=O)NC(CCc1ccccc1)C(OCc1ccccc1)([PH+]=O)C(=O)N1CCC[C@H]1C(=O)O. The lowest BCUT2D eigenvalue weighted by atomic mass is 9.99. The lowest BCUT2D eigenvalue weighted by molar-refractivity contribution is -0.159. The number of likely N-dealkylation sites (tertiary alicyclic amines) is 1. The summed E-state index contributed by atoms with van der Waals surface area (Å²) < 4.78 is 24.2. The van der Waals surface area contributed by atoms with Gasteiger partial charge in [-0.3, -0.25) is 4.79 Å². The van der Waals surface area contributed by atoms with Gasteiger partial charge < -0.3 is 24.8 Å². The number of amides is 2. The molecule has 1 heterocycles. The smallest absolute Gasteiger partial charge is 0.407 e. The van der Waals surface area contributed by atoms with Crippen molar-refractivity contribution in [3.05, 3.63) is 71.8 Å². The first-order valence-electron chi connectivity index (χ1n) is 12.0. The highest BCUT2D eigenvalue weighted by Gasteiger charge is 2.60. The van der Waals surface area contributed by atoms with Gasteiger partial charge in [-0.2, -0.15) is 0 Å². The van der Waals surface area contributed by atoms with Crippen molar-refractivity contribution in [3.8, 4) is 0 Å². The van der Waals surface area contributed by atoms with Gasteiger partial charge in [0.2, 0.25) is 0 Å². The van der Waals surface area contributed by atoms with E-state index in [4.69, 9.17) is 9.47 Å². The molecule has 2 aromatic carbocycles. The third-order valence-electron chi connectivity index (χ3n) is 6.20. The number of carbonyl (C=O) groups excluding carboxylic acids is 2. The van der Waals surface area contributed by atoms with E-state index in [1.54, 1.807) is 19.1 Å². The highest BCUT2D eigenvalue weighted by Crippen LogP contribution is 2.37. The average molecular weight is 516 g/mol. The number of hydrogen-bond acceptors (Lipinski definition) is 6. The zero-order chi connectivity index (χ0) is 26.0. The largest absolute Gasteiger partial charge is 0.480 e. The van der Waals surface area contributed by atoms with Gasteiger partial charge in [-0.1, -0.05) is 65.2 Å². The summed E-state index contributed by atoms with van der Waals surface area (Å²) in [4.78, 5) is 39.6. The molecular weight excluding hydrogens is 483 g/mol. The summed E-state index contributed by atoms with van der Waals surface area (Å²) in [6.07, 6.45) is 0.682. The Bertz CT molecular complexity index is 1040. The summed E-state index contributed by atoms with van der Waals surface area (Å²) in [7, 11) is -1.32. The molecule has 9 nitrogen and oxygen atoms in total. The highest BCUT2D eigenvalue weighted by molar-refractivity contribution is 7.27. The van der Waals surface area contributed by atoms with Crippen molar-refractivity contribution in [2.75, 3.05) is 13.2 Å². The maximum atomic E-state index is 14.0. The van der Waals surface area contributed by atoms with Crippen LogP contribution in [0, 0.1) is 0 Å². The van der Waals surface area contributed by atoms with Crippen LogP contribution in [0.25, 0.3) is 0 Å². The molecule has 0 spiro atoms. The first kappa shape index (κ1) is 27.3. The van der Waals surface area contributed by atoms with Crippen LogP contribution in [0.3, 0.4) is 0 Å². The van der Waals surface area contributed by atoms with Crippen molar-refractivity contribution in [2.45, 2.75) is 56.6 Å². The Morgan fingerprint density at radius 1 is 1.11 bits per heavy atom. The summed E-state index contributed by atoms with van der Waals surface area (Å²) in [5, 5.41) is 10.4. The standard InChI is InChI=1S/C26H31N2O7P/c1-2-34-25(32)27-22(16-15-19-10-5-3-6-11-19)26(36-33,35-18-20-12-7-4-8-13-20)24(31)28-17-9-14-21(28)23(29)30/h3-8,10-13,21-22H,2,9,14-18H2,1H3,(H,27,32)(H,29,30)/p+1/t21-,22?,26?/m0/s1. The Labute approximate surface area is 212 Å². The lowest BCUT2D eigenvalue weighted by Crippen LogP contribution is -2.61. The number of nitrogens with one attached hydrogen (secondary N) is 1. The van der Waals surface area contributed by atoms with Gasteiger partial charge in [0.15, 0.2) is 0 Å². The third kappa shape index (κ3) is 6.68. The van der Waals surface area contributed by atoms with Crippen LogP contribution in [0.2, 0.25) is 0 Å². The Hall–Kier alpha value is -3.29. The first-order chi connectivity index (χ1) is 17.4. The molecule has 1 fully saturated rings. The topological polar surface area (TPSA) is 122 Å². The van der Waals surface area contributed by atoms with Gasteiger partial charge in [-0.05, 0) is 43.7 Å². The van der Waals surface area contributed by atoms with Crippen molar-refractivity contribution in [1.29, 1.82) is 0 Å². The maximum absolute atomic E-state index is 14.0. The summed E-state index contributed by atoms with van der Waals surface area (Å²) in [6.45, 7) is 1.90. The zero-order valence-electron chi connectivity index (χ0n) is 20.2. The molecule has 1 aliphatic heterocycles. The average Bonchev–Trinajstić information content (AvgIpc) is 3.39. The van der Waals surface area contributed by atoms with Gasteiger partial charge >= 0.3 is 31.8 Å². The van der Waals surface area contributed by atoms with Crippen LogP contribution >= 0.6 is 8.46 Å². The number of ether oxygens (including phenoxy) is 2. The molecule has 1 saturated heterocycles. The van der Waals surface area contributed by atoms with E-state index >= 15 is 0 Å². The molecule has 192 valence electrons. The van der Waals surface area contributed by atoms with E-state index in [0.717, 1.165) is 11.1 Å². The minimum Gasteiger partial charge on any atom is -0.480 e. The van der Waals surface area contributed by atoms with Crippen molar-refractivity contribution in [2.24, 2.45) is 0 Å². The number of aryl methyl sites for hydroxylation is 1. The second-order valence-corrected chi connectivity index (χ2v) is 9.50. The molecule has 3 rings (SSSR count). The molecule has 36 heavy (non-hydrogen) atoms. The third-order valence-corrected chi connectivity index (χ3v) is 7.21. The number of alkyl carbamates (subject to hydrolysis) is 1. The Morgan fingerprint density at radius 2 is 1.75 bits per heavy atom. The van der Waals surface area contributed by atoms with Gasteiger partial charge in [0.25, 0.3) is 0 Å². The van der Waals surface area contributed by atoms with Crippen LogP contribution in [0.15, 0.2) is 60.7 Å². The van der Waals surface area contributed by atoms with E-state index in [-0.39, 0.29) is 32.6 Å². The first-order valence-corrected chi connectivity index (χ1v) is 12.9. The van der Waals surface area contributed by atoms with Crippen LogP contribution in [-0.4, -0.2) is 58.6 Å². The number of rotatable bonds is 12. The number of carbonyl (C=O) groups is 3. The molecule has 2 N–H and O–H groups in total. The normalized spacial score (nSPS) is 17.8. The molecule has 0 aliphatic carbocycles. The van der Waals surface area contributed by atoms with E-state index in [9.17, 15) is 24.1 Å². The zero-order valence-corrected chi connectivity index (χ0v) is 21.2. The molecule has 2 amide bonds. The van der Waals surface area contributed by atoms with Crippen LogP contribution < -0.4 is 5.32 Å². The molecule has 0 aromatic heterocycles. The number of aliphatic carboxylic acids is 1. The van der Waals surface area contributed by atoms with Gasteiger partial charge in [-0.15, -0.1) is 0 Å². The molecule has 3 unspecified atom stereocenters. The van der Waals surface area contributed by atoms with E-state index in [1.807, 2.05) is 48.5 Å². The Kier molecular flexibility index (Phi) is 9.96. The minimum atomic E-state index is -2.00. The molecule has 0 radical (unpaired) electrons. The predicted molar refractivity (Wildman–Crippen MR) is 134 cm³/mol. The monoisotopic (exact) mass is 515 g/mol. The quantitative estimate of drug-likeness (QED) is 0.413. The second kappa shape index (κ2) is 13.1. The van der Waals surface area contributed by atoms with Crippen LogP contribution in [0.4, 0.5) is 4.79 Å². The van der Waals surface area contributed by atoms with Crippen molar-refractivity contribution < 1.29 is 33.5 Å².